The molecule has 5 nitrogen and oxygen atoms in total. The van der Waals surface area contributed by atoms with Crippen molar-refractivity contribution in [1.82, 2.24) is 5.32 Å². The highest BCUT2D eigenvalue weighted by Crippen LogP contribution is 2.18. The first-order valence-corrected chi connectivity index (χ1v) is 6.59. The number of hydrogen-bond acceptors (Lipinski definition) is 3. The van der Waals surface area contributed by atoms with E-state index in [2.05, 4.69) is 5.32 Å². The zero-order valence-corrected chi connectivity index (χ0v) is 12.4. The summed E-state index contributed by atoms with van der Waals surface area (Å²) < 4.78 is 18.0. The molecule has 0 aliphatic carbocycles. The number of carbonyl (C=O) groups is 2. The molecule has 0 spiro atoms. The molecule has 1 amide bonds. The van der Waals surface area contributed by atoms with Crippen LogP contribution in [0.1, 0.15) is 27.2 Å². The van der Waals surface area contributed by atoms with E-state index in [0.717, 1.165) is 0 Å². The van der Waals surface area contributed by atoms with Gasteiger partial charge in [0, 0.05) is 6.42 Å². The van der Waals surface area contributed by atoms with E-state index in [1.165, 1.54) is 24.3 Å². The van der Waals surface area contributed by atoms with E-state index in [4.69, 9.17) is 9.84 Å². The van der Waals surface area contributed by atoms with Crippen LogP contribution in [0.5, 0.6) is 5.75 Å². The predicted molar refractivity (Wildman–Crippen MR) is 75.5 cm³/mol. The maximum atomic E-state index is 12.8. The van der Waals surface area contributed by atoms with Gasteiger partial charge in [-0.1, -0.05) is 20.8 Å². The summed E-state index contributed by atoms with van der Waals surface area (Å²) >= 11 is 0. The number of nitrogens with one attached hydrogen (secondary N) is 1. The molecule has 0 saturated heterocycles. The van der Waals surface area contributed by atoms with E-state index < -0.39 is 17.9 Å². The summed E-state index contributed by atoms with van der Waals surface area (Å²) in [5.41, 5.74) is -0.180. The minimum Gasteiger partial charge on any atom is -0.478 e. The molecule has 1 aromatic rings. The monoisotopic (exact) mass is 297 g/mol. The second-order valence-corrected chi connectivity index (χ2v) is 5.94. The zero-order valence-electron chi connectivity index (χ0n) is 12.4. The van der Waals surface area contributed by atoms with Gasteiger partial charge in [0.2, 0.25) is 12.0 Å². The Labute approximate surface area is 123 Å². The van der Waals surface area contributed by atoms with Crippen molar-refractivity contribution in [2.45, 2.75) is 33.3 Å². The number of halogens is 1. The third-order valence-corrected chi connectivity index (χ3v) is 2.54. The quantitative estimate of drug-likeness (QED) is 0.844. The van der Waals surface area contributed by atoms with Crippen LogP contribution < -0.4 is 10.1 Å². The number of ether oxygens (including phenoxy) is 1. The summed E-state index contributed by atoms with van der Waals surface area (Å²) in [5.74, 6) is -1.64. The van der Waals surface area contributed by atoms with Gasteiger partial charge < -0.3 is 15.2 Å². The van der Waals surface area contributed by atoms with Crippen LogP contribution in [-0.4, -0.2) is 29.6 Å². The highest BCUT2D eigenvalue weighted by Gasteiger charge is 2.22. The van der Waals surface area contributed by atoms with Gasteiger partial charge >= 0.3 is 5.97 Å². The Hall–Kier alpha value is -2.11. The second-order valence-electron chi connectivity index (χ2n) is 5.94. The molecule has 0 saturated carbocycles. The topological polar surface area (TPSA) is 75.6 Å². The van der Waals surface area contributed by atoms with Crippen molar-refractivity contribution in [2.24, 2.45) is 5.41 Å². The number of aliphatic carboxylic acids is 1. The number of carbonyl (C=O) groups excluding carboxylic acids is 1. The molecule has 1 rings (SSSR count). The first kappa shape index (κ1) is 16.9. The van der Waals surface area contributed by atoms with Crippen molar-refractivity contribution in [3.05, 3.63) is 30.1 Å². The Morgan fingerprint density at radius 1 is 1.29 bits per heavy atom. The van der Waals surface area contributed by atoms with Crippen LogP contribution in [0, 0.1) is 11.2 Å². The van der Waals surface area contributed by atoms with E-state index in [1.807, 2.05) is 20.8 Å². The second kappa shape index (κ2) is 7.06. The Kier molecular flexibility index (Phi) is 5.69. The van der Waals surface area contributed by atoms with Gasteiger partial charge in [0.25, 0.3) is 0 Å². The van der Waals surface area contributed by atoms with Crippen LogP contribution in [-0.2, 0) is 9.59 Å². The van der Waals surface area contributed by atoms with Gasteiger partial charge in [0.15, 0.2) is 0 Å². The molecular formula is C15H20FNO4. The summed E-state index contributed by atoms with van der Waals surface area (Å²) in [7, 11) is 0. The van der Waals surface area contributed by atoms with Crippen molar-refractivity contribution in [3.8, 4) is 5.75 Å². The third-order valence-electron chi connectivity index (χ3n) is 2.54. The highest BCUT2D eigenvalue weighted by molar-refractivity contribution is 5.78. The fourth-order valence-electron chi connectivity index (χ4n) is 1.61. The molecule has 0 aromatic heterocycles. The van der Waals surface area contributed by atoms with Crippen LogP contribution in [0.2, 0.25) is 0 Å². The molecule has 0 fully saturated rings. The summed E-state index contributed by atoms with van der Waals surface area (Å²) in [5, 5.41) is 11.6. The van der Waals surface area contributed by atoms with E-state index in [-0.39, 0.29) is 30.0 Å². The average molecular weight is 297 g/mol. The lowest BCUT2D eigenvalue weighted by Crippen LogP contribution is -2.41. The maximum absolute atomic E-state index is 12.8. The van der Waals surface area contributed by atoms with Crippen LogP contribution in [0.4, 0.5) is 4.39 Å². The highest BCUT2D eigenvalue weighted by atomic mass is 19.1. The standard InChI is InChI=1S/C15H20FNO4/c1-15(2,3)8-13(18)17-9-12(14(19)20)21-11-6-4-10(16)5-7-11/h4-7,12H,8-9H2,1-3H3,(H,17,18)(H,19,20). The lowest BCUT2D eigenvalue weighted by atomic mass is 9.92. The van der Waals surface area contributed by atoms with Gasteiger partial charge in [-0.15, -0.1) is 0 Å². The lowest BCUT2D eigenvalue weighted by Gasteiger charge is -2.19. The number of hydrogen-bond donors (Lipinski definition) is 2. The lowest BCUT2D eigenvalue weighted by molar-refractivity contribution is -0.145. The van der Waals surface area contributed by atoms with Crippen molar-refractivity contribution < 1.29 is 23.8 Å². The summed E-state index contributed by atoms with van der Waals surface area (Å²) in [4.78, 5) is 22.8. The molecule has 1 unspecified atom stereocenters. The van der Waals surface area contributed by atoms with E-state index >= 15 is 0 Å². The molecule has 1 aromatic carbocycles. The van der Waals surface area contributed by atoms with Crippen LogP contribution in [0.25, 0.3) is 0 Å². The predicted octanol–water partition coefficient (Wildman–Crippen LogP) is 2.21. The van der Waals surface area contributed by atoms with Gasteiger partial charge in [0.1, 0.15) is 11.6 Å². The number of carboxylic acids is 1. The molecule has 0 heterocycles. The minimum atomic E-state index is -1.22. The average Bonchev–Trinajstić information content (AvgIpc) is 2.34. The molecule has 21 heavy (non-hydrogen) atoms. The summed E-state index contributed by atoms with van der Waals surface area (Å²) in [6, 6.07) is 5.02. The molecule has 0 bridgehead atoms. The summed E-state index contributed by atoms with van der Waals surface area (Å²) in [6.07, 6.45) is -0.935. The van der Waals surface area contributed by atoms with Crippen molar-refractivity contribution in [1.29, 1.82) is 0 Å². The number of benzene rings is 1. The summed E-state index contributed by atoms with van der Waals surface area (Å²) in [6.45, 7) is 5.59. The fraction of sp³-hybridized carbons (Fsp3) is 0.467. The van der Waals surface area contributed by atoms with Crippen LogP contribution >= 0.6 is 0 Å². The third kappa shape index (κ3) is 6.74. The van der Waals surface area contributed by atoms with Gasteiger partial charge in [-0.25, -0.2) is 9.18 Å². The van der Waals surface area contributed by atoms with E-state index in [1.54, 1.807) is 0 Å². The Morgan fingerprint density at radius 3 is 2.33 bits per heavy atom. The number of amides is 1. The van der Waals surface area contributed by atoms with Crippen molar-refractivity contribution in [3.63, 3.8) is 0 Å². The first-order valence-electron chi connectivity index (χ1n) is 6.59. The molecule has 1 atom stereocenters. The SMILES string of the molecule is CC(C)(C)CC(=O)NCC(Oc1ccc(F)cc1)C(=O)O. The Morgan fingerprint density at radius 2 is 1.86 bits per heavy atom. The maximum Gasteiger partial charge on any atom is 0.346 e. The van der Waals surface area contributed by atoms with Gasteiger partial charge in [-0.2, -0.15) is 0 Å². The molecule has 2 N–H and O–H groups in total. The normalized spacial score (nSPS) is 12.6. The molecule has 0 aliphatic rings. The zero-order chi connectivity index (χ0) is 16.0. The Bertz CT molecular complexity index is 493. The van der Waals surface area contributed by atoms with Gasteiger partial charge in [-0.3, -0.25) is 4.79 Å². The van der Waals surface area contributed by atoms with Crippen molar-refractivity contribution in [2.75, 3.05) is 6.54 Å². The van der Waals surface area contributed by atoms with Gasteiger partial charge in [-0.05, 0) is 29.7 Å². The van der Waals surface area contributed by atoms with Crippen molar-refractivity contribution >= 4 is 11.9 Å². The number of rotatable bonds is 6. The fourth-order valence-corrected chi connectivity index (χ4v) is 1.61. The van der Waals surface area contributed by atoms with Crippen LogP contribution in [0.3, 0.4) is 0 Å². The molecule has 0 aliphatic heterocycles. The molecule has 0 radical (unpaired) electrons. The van der Waals surface area contributed by atoms with Crippen LogP contribution in [0.15, 0.2) is 24.3 Å². The minimum absolute atomic E-state index is 0.151. The van der Waals surface area contributed by atoms with E-state index in [9.17, 15) is 14.0 Å². The molecule has 116 valence electrons. The smallest absolute Gasteiger partial charge is 0.346 e. The molecular weight excluding hydrogens is 277 g/mol. The first-order chi connectivity index (χ1) is 9.67. The van der Waals surface area contributed by atoms with E-state index in [0.29, 0.717) is 0 Å². The molecule has 6 heteroatoms. The largest absolute Gasteiger partial charge is 0.478 e. The number of carboxylic acid groups (broad SMARTS) is 1. The Balaban J connectivity index is 2.56. The van der Waals surface area contributed by atoms with Gasteiger partial charge in [0.05, 0.1) is 6.54 Å².